The lowest BCUT2D eigenvalue weighted by molar-refractivity contribution is 0.443. The van der Waals surface area contributed by atoms with Gasteiger partial charge in [-0.15, -0.1) is 0 Å². The van der Waals surface area contributed by atoms with Crippen molar-refractivity contribution < 1.29 is 4.43 Å². The van der Waals surface area contributed by atoms with Crippen LogP contribution in [0.25, 0.3) is 0 Å². The van der Waals surface area contributed by atoms with Gasteiger partial charge < -0.3 is 4.43 Å². The van der Waals surface area contributed by atoms with E-state index in [0.29, 0.717) is 18.0 Å². The molecule has 0 amide bonds. The third kappa shape index (κ3) is 5.06. The predicted octanol–water partition coefficient (Wildman–Crippen LogP) is 6.85. The molecule has 1 aromatic carbocycles. The Kier molecular flexibility index (Phi) is 7.16. The quantitative estimate of drug-likeness (QED) is 0.423. The Morgan fingerprint density at radius 3 is 2.54 bits per heavy atom. The van der Waals surface area contributed by atoms with E-state index in [-0.39, 0.29) is 5.04 Å². The maximum absolute atomic E-state index is 9.13. The van der Waals surface area contributed by atoms with Gasteiger partial charge in [0, 0.05) is 10.4 Å². The van der Waals surface area contributed by atoms with E-state index in [4.69, 9.17) is 14.7 Å². The number of nitriles is 1. The van der Waals surface area contributed by atoms with Gasteiger partial charge in [-0.1, -0.05) is 63.0 Å². The van der Waals surface area contributed by atoms with E-state index >= 15 is 0 Å². The lowest BCUT2D eigenvalue weighted by Crippen LogP contribution is -2.44. The van der Waals surface area contributed by atoms with Crippen LogP contribution in [0.15, 0.2) is 28.9 Å². The van der Waals surface area contributed by atoms with Gasteiger partial charge in [0.25, 0.3) is 8.32 Å². The van der Waals surface area contributed by atoms with Crippen LogP contribution < -0.4 is 4.43 Å². The molecule has 4 nitrogen and oxygen atoms in total. The summed E-state index contributed by atoms with van der Waals surface area (Å²) in [6.07, 6.45) is 4.09. The molecule has 0 bridgehead atoms. The van der Waals surface area contributed by atoms with Crippen molar-refractivity contribution in [3.8, 4) is 11.9 Å². The number of halogens is 1. The van der Waals surface area contributed by atoms with Gasteiger partial charge in [-0.2, -0.15) is 5.26 Å². The minimum atomic E-state index is -1.98. The summed E-state index contributed by atoms with van der Waals surface area (Å²) >= 11 is 3.63. The van der Waals surface area contributed by atoms with E-state index in [1.54, 1.807) is 0 Å². The summed E-state index contributed by atoms with van der Waals surface area (Å²) in [5.41, 5.74) is 1.76. The molecule has 0 aliphatic carbocycles. The van der Waals surface area contributed by atoms with E-state index < -0.39 is 8.32 Å². The largest absolute Gasteiger partial charge is 0.531 e. The zero-order valence-corrected chi connectivity index (χ0v) is 20.7. The van der Waals surface area contributed by atoms with E-state index in [1.165, 1.54) is 0 Å². The number of benzene rings is 1. The van der Waals surface area contributed by atoms with E-state index in [2.05, 4.69) is 74.3 Å². The fraction of sp³-hybridized carbons (Fsp3) is 0.545. The number of nitrogens with zero attached hydrogens (tertiary/aromatic N) is 3. The topological polar surface area (TPSA) is 50.8 Å². The van der Waals surface area contributed by atoms with E-state index in [0.717, 1.165) is 34.6 Å². The standard InChI is InChI=1S/C22H32BrN3OSi/c1-8-9-16(2)21-25-14-20(27-28(6,7)22(3,4)5)26(21)15-18-11-10-17(13-24)12-19(18)23/h10-12,14,16H,8-9,15H2,1-7H3. The SMILES string of the molecule is CCCC(C)c1ncc(O[Si](C)(C)C(C)(C)C)n1Cc1ccc(C#N)cc1Br. The fourth-order valence-electron chi connectivity index (χ4n) is 2.90. The van der Waals surface area contributed by atoms with Crippen molar-refractivity contribution in [1.82, 2.24) is 9.55 Å². The van der Waals surface area contributed by atoms with E-state index in [1.807, 2.05) is 24.4 Å². The Balaban J connectivity index is 2.47. The summed E-state index contributed by atoms with van der Waals surface area (Å²) in [7, 11) is -1.98. The maximum Gasteiger partial charge on any atom is 0.252 e. The number of imidazole rings is 1. The Hall–Kier alpha value is -1.58. The van der Waals surface area contributed by atoms with Crippen molar-refractivity contribution >= 4 is 24.2 Å². The van der Waals surface area contributed by atoms with Crippen LogP contribution in [-0.4, -0.2) is 17.9 Å². The van der Waals surface area contributed by atoms with Crippen LogP contribution in [0.5, 0.6) is 5.88 Å². The summed E-state index contributed by atoms with van der Waals surface area (Å²) in [5, 5.41) is 9.25. The van der Waals surface area contributed by atoms with Crippen molar-refractivity contribution in [2.75, 3.05) is 0 Å². The highest BCUT2D eigenvalue weighted by molar-refractivity contribution is 9.10. The molecule has 0 fully saturated rings. The smallest absolute Gasteiger partial charge is 0.252 e. The molecule has 0 saturated carbocycles. The molecule has 0 spiro atoms. The third-order valence-electron chi connectivity index (χ3n) is 5.69. The lowest BCUT2D eigenvalue weighted by atomic mass is 10.1. The lowest BCUT2D eigenvalue weighted by Gasteiger charge is -2.36. The first-order valence-corrected chi connectivity index (χ1v) is 13.6. The summed E-state index contributed by atoms with van der Waals surface area (Å²) in [6.45, 7) is 16.4. The summed E-state index contributed by atoms with van der Waals surface area (Å²) < 4.78 is 9.79. The van der Waals surface area contributed by atoms with Gasteiger partial charge in [-0.25, -0.2) is 4.98 Å². The Bertz CT molecular complexity index is 862. The molecular formula is C22H32BrN3OSi. The Labute approximate surface area is 179 Å². The molecule has 0 N–H and O–H groups in total. The van der Waals surface area contributed by atoms with Crippen LogP contribution in [0.4, 0.5) is 0 Å². The fourth-order valence-corrected chi connectivity index (χ4v) is 4.40. The van der Waals surface area contributed by atoms with Crippen LogP contribution in [0.3, 0.4) is 0 Å². The first-order valence-electron chi connectivity index (χ1n) is 9.93. The number of hydrogen-bond donors (Lipinski definition) is 0. The van der Waals surface area contributed by atoms with Gasteiger partial charge in [0.1, 0.15) is 5.82 Å². The second-order valence-electron chi connectivity index (χ2n) is 9.01. The zero-order valence-electron chi connectivity index (χ0n) is 18.1. The second kappa shape index (κ2) is 8.83. The molecule has 0 radical (unpaired) electrons. The molecule has 6 heteroatoms. The maximum atomic E-state index is 9.13. The monoisotopic (exact) mass is 461 g/mol. The Morgan fingerprint density at radius 2 is 2.00 bits per heavy atom. The number of rotatable bonds is 7. The average Bonchev–Trinajstić information content (AvgIpc) is 2.97. The van der Waals surface area contributed by atoms with Gasteiger partial charge >= 0.3 is 0 Å². The summed E-state index contributed by atoms with van der Waals surface area (Å²) in [5.74, 6) is 2.27. The van der Waals surface area contributed by atoms with Gasteiger partial charge in [-0.05, 0) is 42.2 Å². The molecule has 1 aromatic heterocycles. The van der Waals surface area contributed by atoms with Crippen LogP contribution in [-0.2, 0) is 6.54 Å². The molecule has 1 unspecified atom stereocenters. The van der Waals surface area contributed by atoms with Crippen LogP contribution in [0.2, 0.25) is 18.1 Å². The minimum Gasteiger partial charge on any atom is -0.531 e. The molecule has 0 saturated heterocycles. The van der Waals surface area contributed by atoms with Gasteiger partial charge in [-0.3, -0.25) is 4.57 Å². The molecular weight excluding hydrogens is 430 g/mol. The molecule has 2 rings (SSSR count). The van der Waals surface area contributed by atoms with Crippen LogP contribution >= 0.6 is 15.9 Å². The van der Waals surface area contributed by atoms with E-state index in [9.17, 15) is 0 Å². The van der Waals surface area contributed by atoms with Gasteiger partial charge in [0.2, 0.25) is 5.88 Å². The average molecular weight is 463 g/mol. The second-order valence-corrected chi connectivity index (χ2v) is 14.6. The molecule has 28 heavy (non-hydrogen) atoms. The first-order chi connectivity index (χ1) is 13.0. The summed E-state index contributed by atoms with van der Waals surface area (Å²) in [4.78, 5) is 4.75. The van der Waals surface area contributed by atoms with Crippen LogP contribution in [0.1, 0.15) is 70.3 Å². The normalized spacial score (nSPS) is 13.2. The van der Waals surface area contributed by atoms with Crippen molar-refractivity contribution in [3.63, 3.8) is 0 Å². The van der Waals surface area contributed by atoms with Gasteiger partial charge in [0.15, 0.2) is 0 Å². The molecule has 1 atom stereocenters. The van der Waals surface area contributed by atoms with Crippen molar-refractivity contribution in [1.29, 1.82) is 5.26 Å². The first kappa shape index (κ1) is 22.7. The predicted molar refractivity (Wildman–Crippen MR) is 121 cm³/mol. The molecule has 0 aliphatic heterocycles. The molecule has 1 heterocycles. The molecule has 152 valence electrons. The highest BCUT2D eigenvalue weighted by atomic mass is 79.9. The van der Waals surface area contributed by atoms with Crippen molar-refractivity contribution in [2.24, 2.45) is 0 Å². The van der Waals surface area contributed by atoms with Gasteiger partial charge in [0.05, 0.1) is 24.4 Å². The third-order valence-corrected chi connectivity index (χ3v) is 10.8. The zero-order chi connectivity index (χ0) is 21.1. The summed E-state index contributed by atoms with van der Waals surface area (Å²) in [6, 6.07) is 7.93. The van der Waals surface area contributed by atoms with Crippen molar-refractivity contribution in [3.05, 3.63) is 45.8 Å². The van der Waals surface area contributed by atoms with Crippen LogP contribution in [0, 0.1) is 11.3 Å². The minimum absolute atomic E-state index is 0.117. The molecule has 0 aliphatic rings. The number of aromatic nitrogens is 2. The molecule has 2 aromatic rings. The number of hydrogen-bond acceptors (Lipinski definition) is 3. The van der Waals surface area contributed by atoms with Crippen molar-refractivity contribution in [2.45, 2.75) is 78.1 Å². The highest BCUT2D eigenvalue weighted by Gasteiger charge is 2.40. The highest BCUT2D eigenvalue weighted by Crippen LogP contribution is 2.38. The Morgan fingerprint density at radius 1 is 1.32 bits per heavy atom.